The van der Waals surface area contributed by atoms with Crippen molar-refractivity contribution in [3.05, 3.63) is 47.6 Å². The SMILES string of the molecule is CC1c2nc3c(cc2C=CC1CC[C@H]1C[C@@H](n2ccc4c(N)ncnc42)[C@H](O)[C@@H]1O)CC1(CC1)N3. The van der Waals surface area contributed by atoms with Crippen molar-refractivity contribution in [3.8, 4) is 0 Å². The molecule has 2 unspecified atom stereocenters. The number of rotatable bonds is 4. The van der Waals surface area contributed by atoms with E-state index in [1.54, 1.807) is 0 Å². The molecule has 0 bridgehead atoms. The number of allylic oxidation sites excluding steroid dienone is 1. The third kappa shape index (κ3) is 3.30. The highest BCUT2D eigenvalue weighted by molar-refractivity contribution is 5.86. The summed E-state index contributed by atoms with van der Waals surface area (Å²) in [5.74, 6) is 2.23. The summed E-state index contributed by atoms with van der Waals surface area (Å²) in [7, 11) is 0. The van der Waals surface area contributed by atoms with Gasteiger partial charge in [-0.1, -0.05) is 19.1 Å². The Morgan fingerprint density at radius 3 is 2.89 bits per heavy atom. The summed E-state index contributed by atoms with van der Waals surface area (Å²) in [4.78, 5) is 13.5. The fourth-order valence-corrected chi connectivity index (χ4v) is 6.71. The molecule has 1 aliphatic heterocycles. The van der Waals surface area contributed by atoms with E-state index in [0.717, 1.165) is 30.5 Å². The molecule has 8 heteroatoms. The molecule has 2 saturated carbocycles. The minimum Gasteiger partial charge on any atom is -0.390 e. The van der Waals surface area contributed by atoms with E-state index in [-0.39, 0.29) is 12.0 Å². The van der Waals surface area contributed by atoms with Crippen LogP contribution in [0, 0.1) is 11.8 Å². The molecule has 4 heterocycles. The molecule has 35 heavy (non-hydrogen) atoms. The maximum absolute atomic E-state index is 10.9. The first-order valence-electron chi connectivity index (χ1n) is 12.9. The Bertz CT molecular complexity index is 1340. The molecule has 0 aromatic carbocycles. The van der Waals surface area contributed by atoms with Gasteiger partial charge in [-0.05, 0) is 73.6 Å². The molecular formula is C27H32N6O2. The molecular weight excluding hydrogens is 440 g/mol. The summed E-state index contributed by atoms with van der Waals surface area (Å²) in [5.41, 5.74) is 10.8. The van der Waals surface area contributed by atoms with Crippen LogP contribution >= 0.6 is 0 Å². The molecule has 8 nitrogen and oxygen atoms in total. The summed E-state index contributed by atoms with van der Waals surface area (Å²) < 4.78 is 1.95. The van der Waals surface area contributed by atoms with Crippen LogP contribution in [0.15, 0.2) is 30.7 Å². The third-order valence-electron chi connectivity index (χ3n) is 9.06. The molecule has 3 aliphatic carbocycles. The Morgan fingerprint density at radius 1 is 1.20 bits per heavy atom. The molecule has 7 rings (SSSR count). The van der Waals surface area contributed by atoms with Crippen LogP contribution in [0.3, 0.4) is 0 Å². The highest BCUT2D eigenvalue weighted by Crippen LogP contribution is 2.49. The zero-order chi connectivity index (χ0) is 23.9. The van der Waals surface area contributed by atoms with Gasteiger partial charge in [0.1, 0.15) is 29.7 Å². The van der Waals surface area contributed by atoms with Crippen molar-refractivity contribution in [3.63, 3.8) is 0 Å². The Balaban J connectivity index is 1.06. The summed E-state index contributed by atoms with van der Waals surface area (Å²) >= 11 is 0. The summed E-state index contributed by atoms with van der Waals surface area (Å²) in [6.07, 6.45) is 12.4. The average Bonchev–Trinajstić information content (AvgIpc) is 3.18. The number of aromatic nitrogens is 4. The monoisotopic (exact) mass is 472 g/mol. The molecule has 182 valence electrons. The normalized spacial score (nSPS) is 32.1. The van der Waals surface area contributed by atoms with E-state index < -0.39 is 12.2 Å². The molecule has 4 aliphatic rings. The lowest BCUT2D eigenvalue weighted by Crippen LogP contribution is -2.29. The summed E-state index contributed by atoms with van der Waals surface area (Å²) in [6, 6.07) is 3.99. The predicted molar refractivity (Wildman–Crippen MR) is 135 cm³/mol. The lowest BCUT2D eigenvalue weighted by molar-refractivity contribution is 0.00453. The maximum atomic E-state index is 10.9. The van der Waals surface area contributed by atoms with Gasteiger partial charge in [0.2, 0.25) is 0 Å². The third-order valence-corrected chi connectivity index (χ3v) is 9.06. The first kappa shape index (κ1) is 21.3. The largest absolute Gasteiger partial charge is 0.390 e. The Morgan fingerprint density at radius 2 is 2.06 bits per heavy atom. The number of nitrogens with two attached hydrogens (primary N) is 1. The number of nitrogens with one attached hydrogen (secondary N) is 1. The van der Waals surface area contributed by atoms with E-state index in [4.69, 9.17) is 10.7 Å². The van der Waals surface area contributed by atoms with Crippen molar-refractivity contribution in [1.29, 1.82) is 0 Å². The van der Waals surface area contributed by atoms with Crippen LogP contribution in [0.2, 0.25) is 0 Å². The number of aliphatic hydroxyl groups is 2. The first-order chi connectivity index (χ1) is 16.9. The predicted octanol–water partition coefficient (Wildman–Crippen LogP) is 3.42. The number of aliphatic hydroxyl groups excluding tert-OH is 2. The molecule has 0 radical (unpaired) electrons. The lowest BCUT2D eigenvalue weighted by atomic mass is 9.79. The van der Waals surface area contributed by atoms with Crippen molar-refractivity contribution >= 4 is 28.7 Å². The lowest BCUT2D eigenvalue weighted by Gasteiger charge is -2.28. The summed E-state index contributed by atoms with van der Waals surface area (Å²) in [5, 5.41) is 26.3. The molecule has 0 amide bonds. The Kier molecular flexibility index (Phi) is 4.58. The number of hydrogen-bond acceptors (Lipinski definition) is 7. The minimum absolute atomic E-state index is 0.0259. The van der Waals surface area contributed by atoms with E-state index in [2.05, 4.69) is 40.4 Å². The van der Waals surface area contributed by atoms with Crippen molar-refractivity contribution in [2.75, 3.05) is 11.1 Å². The standard InChI is InChI=1S/C27H32N6O2/c1-14-15(2-4-16-10-18-12-27(7-8-27)32-25(18)31-21(14)16)3-5-17-11-20(23(35)22(17)34)33-9-6-19-24(28)29-13-30-26(19)33/h2,4,6,9-10,13-15,17,20,22-23,34-35H,3,5,7-8,11-12H2,1H3,(H,31,32)(H2,28,29,30)/t14?,15?,17-,20+,22+,23-/m0/s1. The minimum atomic E-state index is -0.836. The Hall–Kier alpha value is -2.97. The molecule has 0 saturated heterocycles. The van der Waals surface area contributed by atoms with Crippen LogP contribution in [0.5, 0.6) is 0 Å². The van der Waals surface area contributed by atoms with E-state index in [0.29, 0.717) is 35.3 Å². The molecule has 1 spiro atoms. The molecule has 3 aromatic rings. The van der Waals surface area contributed by atoms with Crippen LogP contribution in [0.4, 0.5) is 11.6 Å². The van der Waals surface area contributed by atoms with Gasteiger partial charge in [0.15, 0.2) is 0 Å². The van der Waals surface area contributed by atoms with E-state index in [1.165, 1.54) is 36.0 Å². The van der Waals surface area contributed by atoms with Crippen molar-refractivity contribution in [2.24, 2.45) is 11.8 Å². The van der Waals surface area contributed by atoms with Crippen molar-refractivity contribution < 1.29 is 10.2 Å². The number of nitrogens with zero attached hydrogens (tertiary/aromatic N) is 4. The fourth-order valence-electron chi connectivity index (χ4n) is 6.71. The zero-order valence-electron chi connectivity index (χ0n) is 19.9. The van der Waals surface area contributed by atoms with Gasteiger partial charge in [0, 0.05) is 17.7 Å². The van der Waals surface area contributed by atoms with Gasteiger partial charge in [-0.3, -0.25) is 0 Å². The van der Waals surface area contributed by atoms with Gasteiger partial charge in [-0.15, -0.1) is 0 Å². The highest BCUT2D eigenvalue weighted by Gasteiger charge is 2.48. The second-order valence-electron chi connectivity index (χ2n) is 11.2. The maximum Gasteiger partial charge on any atom is 0.145 e. The van der Waals surface area contributed by atoms with Gasteiger partial charge in [-0.2, -0.15) is 0 Å². The molecule has 2 fully saturated rings. The van der Waals surface area contributed by atoms with E-state index in [9.17, 15) is 10.2 Å². The van der Waals surface area contributed by atoms with Gasteiger partial charge >= 0.3 is 0 Å². The first-order valence-corrected chi connectivity index (χ1v) is 12.9. The number of hydrogen-bond donors (Lipinski definition) is 4. The smallest absolute Gasteiger partial charge is 0.145 e. The topological polar surface area (TPSA) is 122 Å². The van der Waals surface area contributed by atoms with Gasteiger partial charge in [-0.25, -0.2) is 15.0 Å². The zero-order valence-corrected chi connectivity index (χ0v) is 19.9. The Labute approximate surface area is 204 Å². The van der Waals surface area contributed by atoms with Gasteiger partial charge in [0.05, 0.1) is 23.2 Å². The second-order valence-corrected chi connectivity index (χ2v) is 11.2. The van der Waals surface area contributed by atoms with Crippen LogP contribution in [-0.2, 0) is 6.42 Å². The van der Waals surface area contributed by atoms with Gasteiger partial charge in [0.25, 0.3) is 0 Å². The van der Waals surface area contributed by atoms with E-state index >= 15 is 0 Å². The number of pyridine rings is 1. The van der Waals surface area contributed by atoms with Crippen LogP contribution in [0.25, 0.3) is 17.1 Å². The second kappa shape index (κ2) is 7.51. The highest BCUT2D eigenvalue weighted by atomic mass is 16.3. The van der Waals surface area contributed by atoms with Gasteiger partial charge < -0.3 is 25.8 Å². The quantitative estimate of drug-likeness (QED) is 0.459. The molecule has 6 atom stereocenters. The molecule has 5 N–H and O–H groups in total. The van der Waals surface area contributed by atoms with Crippen LogP contribution in [0.1, 0.15) is 67.8 Å². The van der Waals surface area contributed by atoms with Crippen LogP contribution in [-0.4, -0.2) is 47.5 Å². The van der Waals surface area contributed by atoms with Crippen molar-refractivity contribution in [2.45, 2.75) is 75.2 Å². The van der Waals surface area contributed by atoms with E-state index in [1.807, 2.05) is 16.8 Å². The number of fused-ring (bicyclic) bond motifs is 3. The van der Waals surface area contributed by atoms with Crippen LogP contribution < -0.4 is 11.1 Å². The average molecular weight is 473 g/mol. The summed E-state index contributed by atoms with van der Waals surface area (Å²) in [6.45, 7) is 2.27. The number of nitrogen functional groups attached to an aromatic ring is 1. The van der Waals surface area contributed by atoms with Crippen molar-refractivity contribution in [1.82, 2.24) is 19.5 Å². The number of anilines is 2. The fraction of sp³-hybridized carbons (Fsp3) is 0.519. The molecule has 3 aromatic heterocycles.